The van der Waals surface area contributed by atoms with Crippen molar-refractivity contribution < 1.29 is 9.59 Å². The van der Waals surface area contributed by atoms with Crippen LogP contribution in [0.15, 0.2) is 48.5 Å². The topological polar surface area (TPSA) is 49.4 Å². The second kappa shape index (κ2) is 7.33. The summed E-state index contributed by atoms with van der Waals surface area (Å²) in [5, 5.41) is 3.67. The van der Waals surface area contributed by atoms with Gasteiger partial charge in [0.2, 0.25) is 0 Å². The van der Waals surface area contributed by atoms with Crippen LogP contribution in [0.5, 0.6) is 0 Å². The number of fused-ring (bicyclic) bond motifs is 1. The van der Waals surface area contributed by atoms with Crippen LogP contribution in [-0.2, 0) is 5.41 Å². The highest BCUT2D eigenvalue weighted by molar-refractivity contribution is 6.02. The summed E-state index contributed by atoms with van der Waals surface area (Å²) >= 11 is 0. The average Bonchev–Trinajstić information content (AvgIpc) is 2.85. The summed E-state index contributed by atoms with van der Waals surface area (Å²) < 4.78 is 0. The molecule has 0 aliphatic carbocycles. The molecule has 0 bridgehead atoms. The second-order valence-corrected chi connectivity index (χ2v) is 9.49. The van der Waals surface area contributed by atoms with Crippen molar-refractivity contribution in [3.8, 4) is 0 Å². The fourth-order valence-electron chi connectivity index (χ4n) is 4.48. The van der Waals surface area contributed by atoms with E-state index in [1.165, 1.54) is 5.56 Å². The molecule has 2 aromatic carbocycles. The molecule has 2 aromatic rings. The summed E-state index contributed by atoms with van der Waals surface area (Å²) in [4.78, 5) is 27.4. The number of carbonyl (C=O) groups excluding carboxylic acids is 2. The van der Waals surface area contributed by atoms with Crippen LogP contribution in [0, 0.1) is 0 Å². The highest BCUT2D eigenvalue weighted by Gasteiger charge is 2.38. The lowest BCUT2D eigenvalue weighted by atomic mass is 9.83. The van der Waals surface area contributed by atoms with Gasteiger partial charge in [0.15, 0.2) is 5.78 Å². The molecule has 0 unspecified atom stereocenters. The first-order chi connectivity index (χ1) is 13.8. The Kier molecular flexibility index (Phi) is 4.97. The van der Waals surface area contributed by atoms with E-state index in [4.69, 9.17) is 0 Å². The van der Waals surface area contributed by atoms with Crippen LogP contribution in [-0.4, -0.2) is 35.2 Å². The van der Waals surface area contributed by atoms with Crippen molar-refractivity contribution in [1.82, 2.24) is 4.90 Å². The summed E-state index contributed by atoms with van der Waals surface area (Å²) in [6.45, 7) is 7.95. The first kappa shape index (κ1) is 19.7. The van der Waals surface area contributed by atoms with Gasteiger partial charge in [0.25, 0.3) is 5.91 Å². The van der Waals surface area contributed by atoms with Gasteiger partial charge in [-0.05, 0) is 54.5 Å². The number of carbonyl (C=O) groups is 2. The normalized spacial score (nSPS) is 18.7. The fourth-order valence-corrected chi connectivity index (χ4v) is 4.48. The number of amides is 1. The van der Waals surface area contributed by atoms with Crippen LogP contribution in [0.4, 0.5) is 5.69 Å². The molecule has 152 valence electrons. The van der Waals surface area contributed by atoms with Crippen molar-refractivity contribution in [3.05, 3.63) is 65.2 Å². The smallest absolute Gasteiger partial charge is 0.253 e. The molecule has 1 amide bonds. The Morgan fingerprint density at radius 3 is 2.28 bits per heavy atom. The largest absolute Gasteiger partial charge is 0.379 e. The minimum absolute atomic E-state index is 0.0813. The maximum absolute atomic E-state index is 13.0. The van der Waals surface area contributed by atoms with Gasteiger partial charge in [-0.15, -0.1) is 0 Å². The van der Waals surface area contributed by atoms with Gasteiger partial charge in [0.05, 0.1) is 0 Å². The summed E-state index contributed by atoms with van der Waals surface area (Å²) in [6.07, 6.45) is 3.11. The number of piperidine rings is 1. The number of nitrogens with zero attached hydrogens (tertiary/aromatic N) is 1. The van der Waals surface area contributed by atoms with Gasteiger partial charge in [-0.1, -0.05) is 45.0 Å². The minimum atomic E-state index is -0.102. The molecule has 2 aliphatic rings. The Morgan fingerprint density at radius 2 is 1.62 bits per heavy atom. The zero-order valence-electron chi connectivity index (χ0n) is 17.6. The van der Waals surface area contributed by atoms with Crippen molar-refractivity contribution in [3.63, 3.8) is 0 Å². The van der Waals surface area contributed by atoms with Crippen LogP contribution >= 0.6 is 0 Å². The number of benzene rings is 2. The van der Waals surface area contributed by atoms with Gasteiger partial charge in [0.1, 0.15) is 0 Å². The Labute approximate surface area is 173 Å². The molecule has 1 spiro atoms. The van der Waals surface area contributed by atoms with Gasteiger partial charge in [-0.25, -0.2) is 0 Å². The fraction of sp³-hybridized carbons (Fsp3) is 0.440. The van der Waals surface area contributed by atoms with E-state index in [-0.39, 0.29) is 22.6 Å². The third-order valence-electron chi connectivity index (χ3n) is 6.46. The molecule has 0 radical (unpaired) electrons. The maximum atomic E-state index is 13.0. The lowest BCUT2D eigenvalue weighted by molar-refractivity contribution is 0.0673. The van der Waals surface area contributed by atoms with E-state index in [1.54, 1.807) is 0 Å². The molecule has 4 rings (SSSR count). The SMILES string of the molecule is CC(C)(C)c1ccc(C(=O)N2CCC3(CCC(=O)c4ccccc4N3)CC2)cc1. The molecule has 0 saturated carbocycles. The van der Waals surface area contributed by atoms with Crippen LogP contribution in [0.1, 0.15) is 72.7 Å². The molecule has 4 heteroatoms. The number of anilines is 1. The highest BCUT2D eigenvalue weighted by atomic mass is 16.2. The Hall–Kier alpha value is -2.62. The molecular weight excluding hydrogens is 360 g/mol. The van der Waals surface area contributed by atoms with E-state index in [1.807, 2.05) is 41.3 Å². The van der Waals surface area contributed by atoms with Crippen molar-refractivity contribution in [2.24, 2.45) is 0 Å². The first-order valence-electron chi connectivity index (χ1n) is 10.6. The number of hydrogen-bond donors (Lipinski definition) is 1. The third-order valence-corrected chi connectivity index (χ3v) is 6.46. The lowest BCUT2D eigenvalue weighted by Crippen LogP contribution is -2.50. The summed E-state index contributed by atoms with van der Waals surface area (Å²) in [5.74, 6) is 0.313. The number of hydrogen-bond acceptors (Lipinski definition) is 3. The number of rotatable bonds is 1. The van der Waals surface area contributed by atoms with Gasteiger partial charge < -0.3 is 10.2 Å². The van der Waals surface area contributed by atoms with Gasteiger partial charge in [-0.3, -0.25) is 9.59 Å². The van der Waals surface area contributed by atoms with Crippen LogP contribution in [0.3, 0.4) is 0 Å². The monoisotopic (exact) mass is 390 g/mol. The van der Waals surface area contributed by atoms with Gasteiger partial charge in [0, 0.05) is 41.9 Å². The van der Waals surface area contributed by atoms with E-state index in [9.17, 15) is 9.59 Å². The molecule has 29 heavy (non-hydrogen) atoms. The van der Waals surface area contributed by atoms with Crippen LogP contribution in [0.25, 0.3) is 0 Å². The number of ketones is 1. The standard InChI is InChI=1S/C25H30N2O2/c1-24(2,3)19-10-8-18(9-11-19)23(29)27-16-14-25(15-17-27)13-12-22(28)20-6-4-5-7-21(20)26-25/h4-11,26H,12-17H2,1-3H3. The first-order valence-corrected chi connectivity index (χ1v) is 10.6. The predicted molar refractivity (Wildman–Crippen MR) is 117 cm³/mol. The zero-order chi connectivity index (χ0) is 20.6. The van der Waals surface area contributed by atoms with Crippen LogP contribution < -0.4 is 5.32 Å². The number of likely N-dealkylation sites (tertiary alicyclic amines) is 1. The van der Waals surface area contributed by atoms with E-state index in [2.05, 4.69) is 38.2 Å². The number of nitrogens with one attached hydrogen (secondary N) is 1. The van der Waals surface area contributed by atoms with E-state index < -0.39 is 0 Å². The van der Waals surface area contributed by atoms with Crippen molar-refractivity contribution in [2.45, 2.75) is 57.4 Å². The Bertz CT molecular complexity index is 917. The average molecular weight is 391 g/mol. The van der Waals surface area contributed by atoms with Crippen molar-refractivity contribution >= 4 is 17.4 Å². The molecule has 1 fully saturated rings. The van der Waals surface area contributed by atoms with Crippen LogP contribution in [0.2, 0.25) is 0 Å². The Balaban J connectivity index is 1.45. The third kappa shape index (κ3) is 3.93. The summed E-state index contributed by atoms with van der Waals surface area (Å²) in [7, 11) is 0. The summed E-state index contributed by atoms with van der Waals surface area (Å²) in [5.41, 5.74) is 3.70. The number of Topliss-reactive ketones (excluding diaryl/α,β-unsaturated/α-hetero) is 1. The highest BCUT2D eigenvalue weighted by Crippen LogP contribution is 2.36. The molecule has 2 heterocycles. The molecule has 1 N–H and O–H groups in total. The quantitative estimate of drug-likeness (QED) is 0.741. The second-order valence-electron chi connectivity index (χ2n) is 9.49. The Morgan fingerprint density at radius 1 is 0.966 bits per heavy atom. The molecule has 1 saturated heterocycles. The van der Waals surface area contributed by atoms with E-state index in [0.29, 0.717) is 19.5 Å². The lowest BCUT2D eigenvalue weighted by Gasteiger charge is -2.42. The maximum Gasteiger partial charge on any atom is 0.253 e. The summed E-state index contributed by atoms with van der Waals surface area (Å²) in [6, 6.07) is 15.8. The molecule has 0 aromatic heterocycles. The van der Waals surface area contributed by atoms with Gasteiger partial charge in [-0.2, -0.15) is 0 Å². The van der Waals surface area contributed by atoms with Gasteiger partial charge >= 0.3 is 0 Å². The predicted octanol–water partition coefficient (Wildman–Crippen LogP) is 5.05. The van der Waals surface area contributed by atoms with E-state index >= 15 is 0 Å². The minimum Gasteiger partial charge on any atom is -0.379 e. The molecule has 4 nitrogen and oxygen atoms in total. The zero-order valence-corrected chi connectivity index (χ0v) is 17.6. The van der Waals surface area contributed by atoms with Crippen molar-refractivity contribution in [2.75, 3.05) is 18.4 Å². The van der Waals surface area contributed by atoms with Crippen molar-refractivity contribution in [1.29, 1.82) is 0 Å². The molecular formula is C25H30N2O2. The molecule has 2 aliphatic heterocycles. The van der Waals surface area contributed by atoms with E-state index in [0.717, 1.165) is 36.1 Å². The number of para-hydroxylation sites is 1. The molecule has 0 atom stereocenters.